The van der Waals surface area contributed by atoms with Crippen LogP contribution in [0.25, 0.3) is 0 Å². The van der Waals surface area contributed by atoms with Crippen LogP contribution < -0.4 is 10.2 Å². The van der Waals surface area contributed by atoms with Gasteiger partial charge >= 0.3 is 0 Å². The van der Waals surface area contributed by atoms with Crippen LogP contribution in [0.15, 0.2) is 16.6 Å². The van der Waals surface area contributed by atoms with Gasteiger partial charge in [0.05, 0.1) is 17.9 Å². The van der Waals surface area contributed by atoms with E-state index in [1.165, 1.54) is 0 Å². The summed E-state index contributed by atoms with van der Waals surface area (Å²) < 4.78 is 1.01. The van der Waals surface area contributed by atoms with Crippen molar-refractivity contribution in [3.63, 3.8) is 0 Å². The highest BCUT2D eigenvalue weighted by Crippen LogP contribution is 2.38. The molecule has 0 bridgehead atoms. The standard InChI is InChI=1S/C12H15BrN2O/c1-7(2)15-10-5-8(3)4-9(13)12(10)14-6-11(15)16/h4-5,7,14H,6H2,1-3H3. The van der Waals surface area contributed by atoms with Gasteiger partial charge in [-0.15, -0.1) is 0 Å². The number of rotatable bonds is 1. The Hall–Kier alpha value is -1.03. The number of amides is 1. The number of nitrogens with zero attached hydrogens (tertiary/aromatic N) is 1. The maximum absolute atomic E-state index is 11.9. The summed E-state index contributed by atoms with van der Waals surface area (Å²) in [7, 11) is 0. The molecular formula is C12H15BrN2O. The molecule has 1 N–H and O–H groups in total. The monoisotopic (exact) mass is 282 g/mol. The largest absolute Gasteiger partial charge is 0.374 e. The Balaban J connectivity index is 2.58. The van der Waals surface area contributed by atoms with Gasteiger partial charge in [0, 0.05) is 10.5 Å². The second kappa shape index (κ2) is 4.09. The zero-order valence-electron chi connectivity index (χ0n) is 9.67. The van der Waals surface area contributed by atoms with Gasteiger partial charge in [-0.1, -0.05) is 0 Å². The molecule has 1 aliphatic heterocycles. The smallest absolute Gasteiger partial charge is 0.246 e. The molecule has 1 amide bonds. The van der Waals surface area contributed by atoms with Gasteiger partial charge in [-0.25, -0.2) is 0 Å². The van der Waals surface area contributed by atoms with E-state index < -0.39 is 0 Å². The number of nitrogens with one attached hydrogen (secondary N) is 1. The summed E-state index contributed by atoms with van der Waals surface area (Å²) in [5, 5.41) is 3.15. The van der Waals surface area contributed by atoms with Crippen LogP contribution in [-0.2, 0) is 4.79 Å². The van der Waals surface area contributed by atoms with E-state index >= 15 is 0 Å². The Kier molecular flexibility index (Phi) is 2.93. The zero-order valence-corrected chi connectivity index (χ0v) is 11.3. The number of carbonyl (C=O) groups is 1. The van der Waals surface area contributed by atoms with Gasteiger partial charge in [-0.3, -0.25) is 4.79 Å². The highest BCUT2D eigenvalue weighted by molar-refractivity contribution is 9.10. The molecule has 0 unspecified atom stereocenters. The van der Waals surface area contributed by atoms with Crippen molar-refractivity contribution in [3.8, 4) is 0 Å². The first-order chi connectivity index (χ1) is 7.50. The molecule has 3 nitrogen and oxygen atoms in total. The van der Waals surface area contributed by atoms with E-state index in [4.69, 9.17) is 0 Å². The van der Waals surface area contributed by atoms with Crippen LogP contribution in [-0.4, -0.2) is 18.5 Å². The lowest BCUT2D eigenvalue weighted by molar-refractivity contribution is -0.117. The Morgan fingerprint density at radius 3 is 2.75 bits per heavy atom. The van der Waals surface area contributed by atoms with Crippen molar-refractivity contribution < 1.29 is 4.79 Å². The Morgan fingerprint density at radius 1 is 1.44 bits per heavy atom. The van der Waals surface area contributed by atoms with E-state index in [-0.39, 0.29) is 11.9 Å². The number of halogens is 1. The second-order valence-corrected chi connectivity index (χ2v) is 5.21. The Morgan fingerprint density at radius 2 is 2.12 bits per heavy atom. The van der Waals surface area contributed by atoms with Crippen molar-refractivity contribution in [2.75, 3.05) is 16.8 Å². The molecule has 1 heterocycles. The van der Waals surface area contributed by atoms with Crippen LogP contribution in [0.3, 0.4) is 0 Å². The Bertz CT molecular complexity index is 443. The summed E-state index contributed by atoms with van der Waals surface area (Å²) in [6.07, 6.45) is 0. The van der Waals surface area contributed by atoms with E-state index in [1.807, 2.05) is 31.7 Å². The number of benzene rings is 1. The zero-order chi connectivity index (χ0) is 11.9. The number of carbonyl (C=O) groups excluding carboxylic acids is 1. The normalized spacial score (nSPS) is 15.1. The van der Waals surface area contributed by atoms with E-state index in [0.29, 0.717) is 6.54 Å². The molecule has 86 valence electrons. The van der Waals surface area contributed by atoms with Crippen LogP contribution in [0.5, 0.6) is 0 Å². The minimum absolute atomic E-state index is 0.125. The van der Waals surface area contributed by atoms with E-state index in [0.717, 1.165) is 21.4 Å². The molecule has 0 saturated carbocycles. The van der Waals surface area contributed by atoms with Crippen molar-refractivity contribution in [1.29, 1.82) is 0 Å². The SMILES string of the molecule is Cc1cc(Br)c2c(c1)N(C(C)C)C(=O)CN2. The molecule has 4 heteroatoms. The third kappa shape index (κ3) is 1.82. The fourth-order valence-electron chi connectivity index (χ4n) is 2.04. The van der Waals surface area contributed by atoms with Gasteiger partial charge in [-0.05, 0) is 54.4 Å². The average Bonchev–Trinajstić information content (AvgIpc) is 2.15. The summed E-state index contributed by atoms with van der Waals surface area (Å²) in [6, 6.07) is 4.28. The average molecular weight is 283 g/mol. The number of aryl methyl sites for hydroxylation is 1. The molecular weight excluding hydrogens is 268 g/mol. The van der Waals surface area contributed by atoms with Crippen molar-refractivity contribution in [3.05, 3.63) is 22.2 Å². The molecule has 1 aliphatic rings. The number of hydrogen-bond acceptors (Lipinski definition) is 2. The number of fused-ring (bicyclic) bond motifs is 1. The summed E-state index contributed by atoms with van der Waals surface area (Å²) >= 11 is 3.53. The predicted octanol–water partition coefficient (Wildman–Crippen LogP) is 2.92. The van der Waals surface area contributed by atoms with Crippen molar-refractivity contribution in [2.45, 2.75) is 26.8 Å². The molecule has 0 radical (unpaired) electrons. The number of hydrogen-bond donors (Lipinski definition) is 1. The van der Waals surface area contributed by atoms with E-state index in [2.05, 4.69) is 27.3 Å². The highest BCUT2D eigenvalue weighted by atomic mass is 79.9. The summed E-state index contributed by atoms with van der Waals surface area (Å²) in [5.41, 5.74) is 3.13. The maximum atomic E-state index is 11.9. The van der Waals surface area contributed by atoms with Crippen molar-refractivity contribution in [1.82, 2.24) is 0 Å². The van der Waals surface area contributed by atoms with E-state index in [1.54, 1.807) is 0 Å². The van der Waals surface area contributed by atoms with Crippen LogP contribution in [0, 0.1) is 6.92 Å². The van der Waals surface area contributed by atoms with Gasteiger partial charge in [0.2, 0.25) is 5.91 Å². The molecule has 0 fully saturated rings. The Labute approximate surface area is 104 Å². The van der Waals surface area contributed by atoms with Crippen LogP contribution in [0.4, 0.5) is 11.4 Å². The third-order valence-electron chi connectivity index (χ3n) is 2.67. The molecule has 0 spiro atoms. The van der Waals surface area contributed by atoms with Gasteiger partial charge in [0.1, 0.15) is 0 Å². The molecule has 0 aliphatic carbocycles. The fourth-order valence-corrected chi connectivity index (χ4v) is 2.74. The molecule has 16 heavy (non-hydrogen) atoms. The minimum Gasteiger partial charge on any atom is -0.374 e. The predicted molar refractivity (Wildman–Crippen MR) is 70.0 cm³/mol. The van der Waals surface area contributed by atoms with E-state index in [9.17, 15) is 4.79 Å². The topological polar surface area (TPSA) is 32.3 Å². The lowest BCUT2D eigenvalue weighted by Crippen LogP contribution is -2.44. The van der Waals surface area contributed by atoms with Gasteiger partial charge in [0.25, 0.3) is 0 Å². The summed E-state index contributed by atoms with van der Waals surface area (Å²) in [4.78, 5) is 13.7. The third-order valence-corrected chi connectivity index (χ3v) is 3.30. The van der Waals surface area contributed by atoms with Crippen molar-refractivity contribution >= 4 is 33.2 Å². The van der Waals surface area contributed by atoms with Crippen molar-refractivity contribution in [2.24, 2.45) is 0 Å². The molecule has 2 rings (SSSR count). The van der Waals surface area contributed by atoms with Crippen LogP contribution in [0.1, 0.15) is 19.4 Å². The minimum atomic E-state index is 0.125. The van der Waals surface area contributed by atoms with Gasteiger partial charge < -0.3 is 10.2 Å². The molecule has 0 saturated heterocycles. The summed E-state index contributed by atoms with van der Waals surface area (Å²) in [5.74, 6) is 0.125. The first-order valence-electron chi connectivity index (χ1n) is 5.37. The molecule has 1 aromatic carbocycles. The lowest BCUT2D eigenvalue weighted by Gasteiger charge is -2.34. The first kappa shape index (κ1) is 11.5. The van der Waals surface area contributed by atoms with Gasteiger partial charge in [0.15, 0.2) is 0 Å². The van der Waals surface area contributed by atoms with Crippen LogP contribution >= 0.6 is 15.9 Å². The quantitative estimate of drug-likeness (QED) is 0.859. The van der Waals surface area contributed by atoms with Gasteiger partial charge in [-0.2, -0.15) is 0 Å². The van der Waals surface area contributed by atoms with Crippen LogP contribution in [0.2, 0.25) is 0 Å². The highest BCUT2D eigenvalue weighted by Gasteiger charge is 2.27. The lowest BCUT2D eigenvalue weighted by atomic mass is 10.1. The molecule has 0 aromatic heterocycles. The fraction of sp³-hybridized carbons (Fsp3) is 0.417. The first-order valence-corrected chi connectivity index (χ1v) is 6.16. The molecule has 1 aromatic rings. The molecule has 0 atom stereocenters. The maximum Gasteiger partial charge on any atom is 0.246 e. The number of anilines is 2. The second-order valence-electron chi connectivity index (χ2n) is 4.35. The summed E-state index contributed by atoms with van der Waals surface area (Å²) in [6.45, 7) is 6.46.